The van der Waals surface area contributed by atoms with Gasteiger partial charge in [0.2, 0.25) is 0 Å². The minimum atomic E-state index is 0.308. The molecule has 3 rings (SSSR count). The van der Waals surface area contributed by atoms with Crippen molar-refractivity contribution < 1.29 is 4.74 Å². The average molecular weight is 245 g/mol. The molecule has 18 heavy (non-hydrogen) atoms. The molecule has 1 fully saturated rings. The van der Waals surface area contributed by atoms with Crippen molar-refractivity contribution in [1.82, 2.24) is 15.1 Å². The summed E-state index contributed by atoms with van der Waals surface area (Å²) >= 11 is 0. The number of nitrogens with zero attached hydrogens (tertiary/aromatic N) is 2. The maximum Gasteiger partial charge on any atom is 0.124 e. The Bertz CT molecular complexity index is 549. The number of aryl methyl sites for hydroxylation is 1. The zero-order valence-corrected chi connectivity index (χ0v) is 10.9. The van der Waals surface area contributed by atoms with Gasteiger partial charge in [0.25, 0.3) is 0 Å². The normalized spacial score (nSPS) is 21.3. The number of benzene rings is 1. The summed E-state index contributed by atoms with van der Waals surface area (Å²) in [5.74, 6) is 0.979. The predicted molar refractivity (Wildman–Crippen MR) is 72.0 cm³/mol. The monoisotopic (exact) mass is 245 g/mol. The first-order chi connectivity index (χ1) is 8.72. The van der Waals surface area contributed by atoms with E-state index in [9.17, 15) is 0 Å². The van der Waals surface area contributed by atoms with Gasteiger partial charge in [-0.05, 0) is 45.0 Å². The van der Waals surface area contributed by atoms with E-state index < -0.39 is 0 Å². The van der Waals surface area contributed by atoms with E-state index in [1.807, 2.05) is 6.20 Å². The molecule has 0 radical (unpaired) electrons. The molecule has 0 amide bonds. The molecular weight excluding hydrogens is 226 g/mol. The van der Waals surface area contributed by atoms with E-state index in [-0.39, 0.29) is 0 Å². The second kappa shape index (κ2) is 4.61. The number of ether oxygens (including phenoxy) is 1. The summed E-state index contributed by atoms with van der Waals surface area (Å²) in [6.45, 7) is 4.28. The Labute approximate surface area is 107 Å². The van der Waals surface area contributed by atoms with Crippen molar-refractivity contribution in [1.29, 1.82) is 0 Å². The molecule has 0 saturated carbocycles. The molecule has 4 heteroatoms. The van der Waals surface area contributed by atoms with Crippen LogP contribution in [0.1, 0.15) is 18.4 Å². The molecule has 4 nitrogen and oxygen atoms in total. The Kier molecular flexibility index (Phi) is 2.96. The minimum Gasteiger partial charge on any atom is -0.489 e. The van der Waals surface area contributed by atoms with Gasteiger partial charge in [-0.1, -0.05) is 0 Å². The maximum absolute atomic E-state index is 6.14. The molecule has 1 aromatic heterocycles. The van der Waals surface area contributed by atoms with Crippen molar-refractivity contribution in [2.75, 3.05) is 20.1 Å². The standard InChI is InChI=1S/C14H19N3O/c1-10-6-11-8-15-16-13(11)7-14(10)18-12-4-3-5-17(2)9-12/h6-8,12H,3-5,9H2,1-2H3,(H,15,16)/t12-/m1/s1. The van der Waals surface area contributed by atoms with Gasteiger partial charge in [0.15, 0.2) is 0 Å². The molecular formula is C14H19N3O. The zero-order chi connectivity index (χ0) is 12.5. The highest BCUT2D eigenvalue weighted by atomic mass is 16.5. The second-order valence-electron chi connectivity index (χ2n) is 5.22. The first-order valence-electron chi connectivity index (χ1n) is 6.51. The fourth-order valence-electron chi connectivity index (χ4n) is 2.61. The van der Waals surface area contributed by atoms with Crippen LogP contribution in [0.5, 0.6) is 5.75 Å². The topological polar surface area (TPSA) is 41.1 Å². The van der Waals surface area contributed by atoms with Gasteiger partial charge in [-0.3, -0.25) is 5.10 Å². The van der Waals surface area contributed by atoms with Gasteiger partial charge in [-0.15, -0.1) is 0 Å². The highest BCUT2D eigenvalue weighted by Crippen LogP contribution is 2.26. The maximum atomic E-state index is 6.14. The Hall–Kier alpha value is -1.55. The molecule has 1 aliphatic rings. The van der Waals surface area contributed by atoms with Crippen LogP contribution < -0.4 is 4.74 Å². The zero-order valence-electron chi connectivity index (χ0n) is 10.9. The van der Waals surface area contributed by atoms with E-state index in [4.69, 9.17) is 4.74 Å². The van der Waals surface area contributed by atoms with Crippen LogP contribution in [0.15, 0.2) is 18.3 Å². The molecule has 0 spiro atoms. The van der Waals surface area contributed by atoms with E-state index in [2.05, 4.69) is 41.2 Å². The average Bonchev–Trinajstić information content (AvgIpc) is 2.76. The first-order valence-corrected chi connectivity index (χ1v) is 6.51. The van der Waals surface area contributed by atoms with Crippen molar-refractivity contribution in [3.8, 4) is 5.75 Å². The van der Waals surface area contributed by atoms with Crippen molar-refractivity contribution in [3.05, 3.63) is 23.9 Å². The lowest BCUT2D eigenvalue weighted by molar-refractivity contribution is 0.104. The highest BCUT2D eigenvalue weighted by Gasteiger charge is 2.19. The number of aromatic amines is 1. The molecule has 1 N–H and O–H groups in total. The van der Waals surface area contributed by atoms with Crippen LogP contribution in [0, 0.1) is 6.92 Å². The van der Waals surface area contributed by atoms with Gasteiger partial charge in [-0.25, -0.2) is 0 Å². The lowest BCUT2D eigenvalue weighted by Crippen LogP contribution is -2.38. The molecule has 0 bridgehead atoms. The fourth-order valence-corrected chi connectivity index (χ4v) is 2.61. The van der Waals surface area contributed by atoms with Gasteiger partial charge >= 0.3 is 0 Å². The molecule has 96 valence electrons. The SMILES string of the molecule is Cc1cc2cn[nH]c2cc1O[C@@H]1CCCN(C)C1. The number of aromatic nitrogens is 2. The number of nitrogens with one attached hydrogen (secondary N) is 1. The smallest absolute Gasteiger partial charge is 0.124 e. The summed E-state index contributed by atoms with van der Waals surface area (Å²) in [6.07, 6.45) is 4.51. The first kappa shape index (κ1) is 11.5. The van der Waals surface area contributed by atoms with Crippen LogP contribution in [0.3, 0.4) is 0 Å². The summed E-state index contributed by atoms with van der Waals surface area (Å²) in [5.41, 5.74) is 2.22. The van der Waals surface area contributed by atoms with Crippen LogP contribution in [-0.4, -0.2) is 41.3 Å². The fraction of sp³-hybridized carbons (Fsp3) is 0.500. The van der Waals surface area contributed by atoms with Gasteiger partial charge < -0.3 is 9.64 Å². The summed E-state index contributed by atoms with van der Waals surface area (Å²) in [7, 11) is 2.15. The van der Waals surface area contributed by atoms with Crippen molar-refractivity contribution in [2.24, 2.45) is 0 Å². The molecule has 1 saturated heterocycles. The van der Waals surface area contributed by atoms with Crippen LogP contribution in [-0.2, 0) is 0 Å². The Balaban J connectivity index is 1.82. The Morgan fingerprint density at radius 1 is 1.44 bits per heavy atom. The Morgan fingerprint density at radius 2 is 2.33 bits per heavy atom. The number of hydrogen-bond donors (Lipinski definition) is 1. The van der Waals surface area contributed by atoms with Crippen LogP contribution in [0.4, 0.5) is 0 Å². The van der Waals surface area contributed by atoms with E-state index in [1.165, 1.54) is 18.5 Å². The third-order valence-corrected chi connectivity index (χ3v) is 3.61. The van der Waals surface area contributed by atoms with E-state index >= 15 is 0 Å². The molecule has 2 aromatic rings. The summed E-state index contributed by atoms with van der Waals surface area (Å²) < 4.78 is 6.14. The number of piperidine rings is 1. The molecule has 1 atom stereocenters. The van der Waals surface area contributed by atoms with Gasteiger partial charge in [-0.2, -0.15) is 5.10 Å². The quantitative estimate of drug-likeness (QED) is 0.883. The predicted octanol–water partition coefficient (Wildman–Crippen LogP) is 2.34. The lowest BCUT2D eigenvalue weighted by atomic mass is 10.1. The number of H-pyrrole nitrogens is 1. The largest absolute Gasteiger partial charge is 0.489 e. The summed E-state index contributed by atoms with van der Waals surface area (Å²) in [6, 6.07) is 4.19. The molecule has 1 aliphatic heterocycles. The minimum absolute atomic E-state index is 0.308. The third-order valence-electron chi connectivity index (χ3n) is 3.61. The van der Waals surface area contributed by atoms with Crippen molar-refractivity contribution in [2.45, 2.75) is 25.9 Å². The van der Waals surface area contributed by atoms with Crippen LogP contribution >= 0.6 is 0 Å². The summed E-state index contributed by atoms with van der Waals surface area (Å²) in [4.78, 5) is 2.33. The van der Waals surface area contributed by atoms with Crippen LogP contribution in [0.25, 0.3) is 10.9 Å². The molecule has 0 unspecified atom stereocenters. The van der Waals surface area contributed by atoms with Crippen molar-refractivity contribution >= 4 is 10.9 Å². The van der Waals surface area contributed by atoms with E-state index in [0.29, 0.717) is 6.10 Å². The van der Waals surface area contributed by atoms with Gasteiger partial charge in [0, 0.05) is 18.0 Å². The van der Waals surface area contributed by atoms with Crippen molar-refractivity contribution in [3.63, 3.8) is 0 Å². The number of fused-ring (bicyclic) bond motifs is 1. The van der Waals surface area contributed by atoms with E-state index in [0.717, 1.165) is 29.6 Å². The highest BCUT2D eigenvalue weighted by molar-refractivity contribution is 5.80. The number of rotatable bonds is 2. The number of likely N-dealkylation sites (tertiary alicyclic amines) is 1. The van der Waals surface area contributed by atoms with Gasteiger partial charge in [0.05, 0.1) is 11.7 Å². The third kappa shape index (κ3) is 2.20. The summed E-state index contributed by atoms with van der Waals surface area (Å²) in [5, 5.41) is 8.19. The van der Waals surface area contributed by atoms with E-state index in [1.54, 1.807) is 0 Å². The molecule has 2 heterocycles. The lowest BCUT2D eigenvalue weighted by Gasteiger charge is -2.30. The number of hydrogen-bond acceptors (Lipinski definition) is 3. The van der Waals surface area contributed by atoms with Gasteiger partial charge in [0.1, 0.15) is 11.9 Å². The molecule has 0 aliphatic carbocycles. The Morgan fingerprint density at radius 3 is 3.17 bits per heavy atom. The van der Waals surface area contributed by atoms with Crippen LogP contribution in [0.2, 0.25) is 0 Å². The second-order valence-corrected chi connectivity index (χ2v) is 5.22. The number of likely N-dealkylation sites (N-methyl/N-ethyl adjacent to an activating group) is 1. The molecule has 1 aromatic carbocycles.